The number of carbonyl (C=O) groups excluding carboxylic acids is 3. The first kappa shape index (κ1) is 31.4. The van der Waals surface area contributed by atoms with Gasteiger partial charge >= 0.3 is 0 Å². The quantitative estimate of drug-likeness (QED) is 0.102. The van der Waals surface area contributed by atoms with Crippen LogP contribution in [0, 0.1) is 5.82 Å². The molecule has 0 unspecified atom stereocenters. The zero-order chi connectivity index (χ0) is 32.6. The molecule has 6 aromatic rings. The Kier molecular flexibility index (Phi) is 9.81. The van der Waals surface area contributed by atoms with Crippen molar-refractivity contribution in [1.82, 2.24) is 10.3 Å². The smallest absolute Gasteiger partial charge is 0.272 e. The van der Waals surface area contributed by atoms with Crippen molar-refractivity contribution < 1.29 is 18.8 Å². The molecule has 1 heterocycles. The number of thioether (sulfide) groups is 1. The Hall–Kier alpha value is -5.58. The van der Waals surface area contributed by atoms with Gasteiger partial charge in [0, 0.05) is 27.1 Å². The van der Waals surface area contributed by atoms with Crippen LogP contribution >= 0.6 is 23.1 Å². The number of aromatic nitrogens is 1. The maximum atomic E-state index is 13.5. The van der Waals surface area contributed by atoms with Crippen molar-refractivity contribution in [3.05, 3.63) is 149 Å². The molecule has 0 saturated heterocycles. The fourth-order valence-electron chi connectivity index (χ4n) is 4.65. The monoisotopic (exact) mass is 658 g/mol. The average Bonchev–Trinajstić information content (AvgIpc) is 3.56. The molecule has 5 aromatic carbocycles. The molecule has 6 rings (SSSR count). The Labute approximate surface area is 278 Å². The number of benzene rings is 5. The average molecular weight is 659 g/mol. The molecular formula is C37H27FN4O3S2. The minimum absolute atomic E-state index is 0.0191. The highest BCUT2D eigenvalue weighted by Crippen LogP contribution is 2.28. The molecule has 3 amide bonds. The van der Waals surface area contributed by atoms with Gasteiger partial charge in [0.15, 0.2) is 5.13 Å². The van der Waals surface area contributed by atoms with Gasteiger partial charge in [-0.25, -0.2) is 9.37 Å². The van der Waals surface area contributed by atoms with Crippen LogP contribution in [0.25, 0.3) is 28.1 Å². The van der Waals surface area contributed by atoms with Gasteiger partial charge in [-0.1, -0.05) is 72.8 Å². The highest BCUT2D eigenvalue weighted by atomic mass is 32.2. The highest BCUT2D eigenvalue weighted by molar-refractivity contribution is 8.00. The van der Waals surface area contributed by atoms with E-state index in [1.807, 2.05) is 29.6 Å². The predicted octanol–water partition coefficient (Wildman–Crippen LogP) is 8.24. The molecule has 0 fully saturated rings. The summed E-state index contributed by atoms with van der Waals surface area (Å²) in [4.78, 5) is 44.3. The van der Waals surface area contributed by atoms with Crippen LogP contribution in [-0.2, 0) is 9.59 Å². The third-order valence-electron chi connectivity index (χ3n) is 6.97. The lowest BCUT2D eigenvalue weighted by Crippen LogP contribution is -2.30. The number of amides is 3. The Morgan fingerprint density at radius 3 is 2.36 bits per heavy atom. The molecule has 0 aliphatic heterocycles. The van der Waals surface area contributed by atoms with E-state index in [9.17, 15) is 18.8 Å². The number of rotatable bonds is 10. The van der Waals surface area contributed by atoms with Crippen LogP contribution in [0.3, 0.4) is 0 Å². The Balaban J connectivity index is 1.08. The fraction of sp³-hybridized carbons (Fsp3) is 0.0270. The molecule has 0 bridgehead atoms. The molecule has 0 radical (unpaired) electrons. The van der Waals surface area contributed by atoms with Crippen molar-refractivity contribution in [2.45, 2.75) is 4.90 Å². The summed E-state index contributed by atoms with van der Waals surface area (Å²) in [5.74, 6) is -1.53. The molecule has 0 atom stereocenters. The highest BCUT2D eigenvalue weighted by Gasteiger charge is 2.16. The second-order valence-corrected chi connectivity index (χ2v) is 12.3. The van der Waals surface area contributed by atoms with Crippen molar-refractivity contribution in [2.24, 2.45) is 0 Å². The summed E-state index contributed by atoms with van der Waals surface area (Å²) in [6.45, 7) is 0. The van der Waals surface area contributed by atoms with E-state index in [4.69, 9.17) is 0 Å². The molecule has 0 spiro atoms. The Morgan fingerprint density at radius 2 is 1.55 bits per heavy atom. The van der Waals surface area contributed by atoms with Gasteiger partial charge in [0.1, 0.15) is 11.5 Å². The number of nitrogens with one attached hydrogen (secondary N) is 3. The van der Waals surface area contributed by atoms with E-state index in [-0.39, 0.29) is 17.4 Å². The van der Waals surface area contributed by atoms with Gasteiger partial charge in [-0.2, -0.15) is 0 Å². The molecule has 47 heavy (non-hydrogen) atoms. The summed E-state index contributed by atoms with van der Waals surface area (Å²) in [5, 5.41) is 13.0. The summed E-state index contributed by atoms with van der Waals surface area (Å²) < 4.78 is 13.5. The zero-order valence-corrected chi connectivity index (χ0v) is 26.4. The van der Waals surface area contributed by atoms with Crippen LogP contribution < -0.4 is 16.0 Å². The van der Waals surface area contributed by atoms with E-state index in [0.717, 1.165) is 26.9 Å². The van der Waals surface area contributed by atoms with Gasteiger partial charge in [0.05, 0.1) is 11.4 Å². The van der Waals surface area contributed by atoms with E-state index >= 15 is 0 Å². The first-order chi connectivity index (χ1) is 22.9. The fourth-order valence-corrected chi connectivity index (χ4v) is 6.14. The predicted molar refractivity (Wildman–Crippen MR) is 188 cm³/mol. The van der Waals surface area contributed by atoms with Crippen LogP contribution in [0.2, 0.25) is 0 Å². The van der Waals surface area contributed by atoms with E-state index in [1.54, 1.807) is 48.5 Å². The molecule has 232 valence electrons. The third-order valence-corrected chi connectivity index (χ3v) is 8.72. The summed E-state index contributed by atoms with van der Waals surface area (Å²) in [6, 6.07) is 35.4. The van der Waals surface area contributed by atoms with E-state index in [1.165, 1.54) is 53.4 Å². The van der Waals surface area contributed by atoms with Gasteiger partial charge < -0.3 is 16.0 Å². The number of carbonyl (C=O) groups is 3. The molecule has 0 saturated carbocycles. The maximum Gasteiger partial charge on any atom is 0.272 e. The number of nitrogens with zero attached hydrogens (tertiary/aromatic N) is 1. The Morgan fingerprint density at radius 1 is 0.787 bits per heavy atom. The normalized spacial score (nSPS) is 11.2. The molecule has 1 aromatic heterocycles. The molecule has 3 N–H and O–H groups in total. The second kappa shape index (κ2) is 14.7. The van der Waals surface area contributed by atoms with E-state index < -0.39 is 17.6 Å². The minimum atomic E-state index is -0.565. The topological polar surface area (TPSA) is 100 Å². The van der Waals surface area contributed by atoms with Gasteiger partial charge in [-0.15, -0.1) is 23.1 Å². The first-order valence-electron chi connectivity index (χ1n) is 14.5. The van der Waals surface area contributed by atoms with Crippen LogP contribution in [0.5, 0.6) is 0 Å². The largest absolute Gasteiger partial charge is 0.321 e. The molecule has 0 aliphatic carbocycles. The van der Waals surface area contributed by atoms with Crippen LogP contribution in [0.1, 0.15) is 15.9 Å². The summed E-state index contributed by atoms with van der Waals surface area (Å²) >= 11 is 2.67. The molecular weight excluding hydrogens is 632 g/mol. The number of thiazole rings is 1. The number of anilines is 2. The van der Waals surface area contributed by atoms with Gasteiger partial charge in [-0.05, 0) is 70.9 Å². The van der Waals surface area contributed by atoms with Gasteiger partial charge in [0.2, 0.25) is 5.91 Å². The van der Waals surface area contributed by atoms with Crippen LogP contribution in [0.4, 0.5) is 15.2 Å². The maximum absolute atomic E-state index is 13.5. The number of hydrogen-bond donors (Lipinski definition) is 3. The van der Waals surface area contributed by atoms with Crippen LogP contribution in [-0.4, -0.2) is 28.5 Å². The molecule has 10 heteroatoms. The SMILES string of the molecule is O=C(CSc1cccc(NC(=O)/C(=C/c2ccc(F)cc2)NC(=O)c2ccccc2)c1)Nc1nc(-c2ccc3ccccc3c2)cs1. The second-order valence-electron chi connectivity index (χ2n) is 10.3. The van der Waals surface area contributed by atoms with Crippen molar-refractivity contribution in [2.75, 3.05) is 16.4 Å². The van der Waals surface area contributed by atoms with Crippen LogP contribution in [0.15, 0.2) is 137 Å². The standard InChI is InChI=1S/C37H27FN4O3S2/c38-29-17-13-24(14-18-29)19-32(40-35(44)26-8-2-1-3-9-26)36(45)39-30-11-6-12-31(21-30)46-23-34(43)42-37-41-33(22-47-37)28-16-15-25-7-4-5-10-27(25)20-28/h1-22H,23H2,(H,39,45)(H,40,44)(H,41,42,43)/b32-19-. The lowest BCUT2D eigenvalue weighted by atomic mass is 10.1. The number of hydrogen-bond acceptors (Lipinski definition) is 6. The van der Waals surface area contributed by atoms with Gasteiger partial charge in [0.25, 0.3) is 11.8 Å². The first-order valence-corrected chi connectivity index (χ1v) is 16.4. The molecule has 0 aliphatic rings. The minimum Gasteiger partial charge on any atom is -0.321 e. The lowest BCUT2D eigenvalue weighted by Gasteiger charge is -2.12. The van der Waals surface area contributed by atoms with Crippen molar-refractivity contribution in [1.29, 1.82) is 0 Å². The Bertz CT molecular complexity index is 2100. The third kappa shape index (κ3) is 8.37. The van der Waals surface area contributed by atoms with Crippen molar-refractivity contribution in [3.63, 3.8) is 0 Å². The zero-order valence-electron chi connectivity index (χ0n) is 24.8. The summed E-state index contributed by atoms with van der Waals surface area (Å²) in [7, 11) is 0. The van der Waals surface area contributed by atoms with Gasteiger partial charge in [-0.3, -0.25) is 14.4 Å². The number of halogens is 1. The van der Waals surface area contributed by atoms with Crippen molar-refractivity contribution >= 4 is 68.5 Å². The summed E-state index contributed by atoms with van der Waals surface area (Å²) in [6.07, 6.45) is 1.47. The van der Waals surface area contributed by atoms with E-state index in [0.29, 0.717) is 21.9 Å². The molecule has 7 nitrogen and oxygen atoms in total. The van der Waals surface area contributed by atoms with E-state index in [2.05, 4.69) is 45.2 Å². The lowest BCUT2D eigenvalue weighted by molar-refractivity contribution is -0.114. The number of fused-ring (bicyclic) bond motifs is 1. The summed E-state index contributed by atoms with van der Waals surface area (Å²) in [5.41, 5.74) is 3.13. The van der Waals surface area contributed by atoms with Crippen molar-refractivity contribution in [3.8, 4) is 11.3 Å².